The predicted molar refractivity (Wildman–Crippen MR) is 62.1 cm³/mol. The minimum absolute atomic E-state index is 0.472. The van der Waals surface area contributed by atoms with Gasteiger partial charge in [0.15, 0.2) is 0 Å². The van der Waals surface area contributed by atoms with Crippen molar-refractivity contribution in [2.75, 3.05) is 11.5 Å². The molecule has 13 heavy (non-hydrogen) atoms. The van der Waals surface area contributed by atoms with E-state index in [1.807, 2.05) is 0 Å². The van der Waals surface area contributed by atoms with Crippen LogP contribution in [0.2, 0.25) is 0 Å². The number of rotatable bonds is 5. The summed E-state index contributed by atoms with van der Waals surface area (Å²) in [6, 6.07) is 0.472. The van der Waals surface area contributed by atoms with Crippen LogP contribution in [0.4, 0.5) is 0 Å². The van der Waals surface area contributed by atoms with Crippen LogP contribution in [0.25, 0.3) is 0 Å². The molecule has 1 heterocycles. The van der Waals surface area contributed by atoms with Crippen LogP contribution in [0.15, 0.2) is 0 Å². The Kier molecular flexibility index (Phi) is 5.18. The number of nitrogens with two attached hydrogens (primary N) is 1. The first-order valence-electron chi connectivity index (χ1n) is 5.61. The van der Waals surface area contributed by atoms with Gasteiger partial charge in [0, 0.05) is 6.04 Å². The predicted octanol–water partition coefficient (Wildman–Crippen LogP) is 2.89. The van der Waals surface area contributed by atoms with Crippen LogP contribution in [0, 0.1) is 11.8 Å². The third kappa shape index (κ3) is 3.51. The molecule has 0 saturated carbocycles. The van der Waals surface area contributed by atoms with Gasteiger partial charge in [-0.15, -0.1) is 0 Å². The third-order valence-corrected chi connectivity index (χ3v) is 4.52. The van der Waals surface area contributed by atoms with Crippen molar-refractivity contribution in [3.8, 4) is 0 Å². The Morgan fingerprint density at radius 3 is 2.54 bits per heavy atom. The van der Waals surface area contributed by atoms with Crippen molar-refractivity contribution in [1.82, 2.24) is 0 Å². The molecule has 0 aromatic heterocycles. The van der Waals surface area contributed by atoms with Crippen LogP contribution in [0.5, 0.6) is 0 Å². The molecule has 0 bridgehead atoms. The van der Waals surface area contributed by atoms with E-state index in [0.717, 1.165) is 11.8 Å². The van der Waals surface area contributed by atoms with E-state index in [0.29, 0.717) is 6.04 Å². The van der Waals surface area contributed by atoms with Crippen LogP contribution in [0.1, 0.15) is 39.5 Å². The molecule has 0 aromatic carbocycles. The molecule has 1 saturated heterocycles. The largest absolute Gasteiger partial charge is 0.327 e. The molecular weight excluding hydrogens is 178 g/mol. The second-order valence-electron chi connectivity index (χ2n) is 4.21. The van der Waals surface area contributed by atoms with Crippen molar-refractivity contribution < 1.29 is 0 Å². The van der Waals surface area contributed by atoms with Crippen molar-refractivity contribution in [1.29, 1.82) is 0 Å². The minimum atomic E-state index is 0.472. The maximum atomic E-state index is 6.22. The van der Waals surface area contributed by atoms with Gasteiger partial charge in [0.25, 0.3) is 0 Å². The molecule has 1 aliphatic rings. The Labute approximate surface area is 86.8 Å². The minimum Gasteiger partial charge on any atom is -0.327 e. The summed E-state index contributed by atoms with van der Waals surface area (Å²) in [5, 5.41) is 0. The SMILES string of the molecule is CCC(CC)CC(N)C1CCSC1. The summed E-state index contributed by atoms with van der Waals surface area (Å²) in [7, 11) is 0. The average molecular weight is 201 g/mol. The van der Waals surface area contributed by atoms with Crippen molar-refractivity contribution in [3.63, 3.8) is 0 Å². The van der Waals surface area contributed by atoms with Gasteiger partial charge in [-0.3, -0.25) is 0 Å². The molecule has 0 aliphatic carbocycles. The lowest BCUT2D eigenvalue weighted by Crippen LogP contribution is -2.32. The zero-order valence-electron chi connectivity index (χ0n) is 8.96. The lowest BCUT2D eigenvalue weighted by atomic mass is 9.88. The number of thioether (sulfide) groups is 1. The van der Waals surface area contributed by atoms with E-state index >= 15 is 0 Å². The highest BCUT2D eigenvalue weighted by Crippen LogP contribution is 2.28. The van der Waals surface area contributed by atoms with Gasteiger partial charge in [-0.2, -0.15) is 11.8 Å². The van der Waals surface area contributed by atoms with E-state index in [4.69, 9.17) is 5.73 Å². The fourth-order valence-corrected chi connectivity index (χ4v) is 3.44. The van der Waals surface area contributed by atoms with Crippen molar-refractivity contribution in [2.24, 2.45) is 17.6 Å². The highest BCUT2D eigenvalue weighted by atomic mass is 32.2. The fraction of sp³-hybridized carbons (Fsp3) is 1.00. The Morgan fingerprint density at radius 1 is 1.38 bits per heavy atom. The molecule has 0 aromatic rings. The monoisotopic (exact) mass is 201 g/mol. The zero-order chi connectivity index (χ0) is 9.68. The van der Waals surface area contributed by atoms with E-state index in [1.165, 1.54) is 37.2 Å². The van der Waals surface area contributed by atoms with Gasteiger partial charge in [0.1, 0.15) is 0 Å². The van der Waals surface area contributed by atoms with Crippen LogP contribution in [0.3, 0.4) is 0 Å². The van der Waals surface area contributed by atoms with E-state index in [9.17, 15) is 0 Å². The molecule has 2 atom stereocenters. The standard InChI is InChI=1S/C11H23NS/c1-3-9(4-2)7-11(12)10-5-6-13-8-10/h9-11H,3-8,12H2,1-2H3. The van der Waals surface area contributed by atoms with Gasteiger partial charge < -0.3 is 5.73 Å². The quantitative estimate of drug-likeness (QED) is 0.740. The molecule has 0 amide bonds. The summed E-state index contributed by atoms with van der Waals surface area (Å²) in [6.07, 6.45) is 5.19. The molecule has 1 aliphatic heterocycles. The van der Waals surface area contributed by atoms with Crippen LogP contribution in [-0.4, -0.2) is 17.5 Å². The number of hydrogen-bond donors (Lipinski definition) is 1. The zero-order valence-corrected chi connectivity index (χ0v) is 9.78. The second-order valence-corrected chi connectivity index (χ2v) is 5.36. The Morgan fingerprint density at radius 2 is 2.08 bits per heavy atom. The lowest BCUT2D eigenvalue weighted by molar-refractivity contribution is 0.347. The van der Waals surface area contributed by atoms with Gasteiger partial charge in [-0.05, 0) is 36.2 Å². The van der Waals surface area contributed by atoms with E-state index in [2.05, 4.69) is 25.6 Å². The maximum Gasteiger partial charge on any atom is 0.00779 e. The van der Waals surface area contributed by atoms with Crippen LogP contribution < -0.4 is 5.73 Å². The van der Waals surface area contributed by atoms with Crippen molar-refractivity contribution in [2.45, 2.75) is 45.6 Å². The molecule has 0 spiro atoms. The van der Waals surface area contributed by atoms with Gasteiger partial charge in [-0.25, -0.2) is 0 Å². The number of hydrogen-bond acceptors (Lipinski definition) is 2. The molecule has 1 rings (SSSR count). The highest BCUT2D eigenvalue weighted by Gasteiger charge is 2.23. The second kappa shape index (κ2) is 5.92. The summed E-state index contributed by atoms with van der Waals surface area (Å²) in [5.74, 6) is 4.31. The Balaban J connectivity index is 2.25. The van der Waals surface area contributed by atoms with Crippen molar-refractivity contribution >= 4 is 11.8 Å². The Hall–Kier alpha value is 0.310. The van der Waals surface area contributed by atoms with Gasteiger partial charge >= 0.3 is 0 Å². The molecule has 2 heteroatoms. The third-order valence-electron chi connectivity index (χ3n) is 3.33. The summed E-state index contributed by atoms with van der Waals surface area (Å²) >= 11 is 2.07. The van der Waals surface area contributed by atoms with E-state index in [-0.39, 0.29) is 0 Å². The molecule has 78 valence electrons. The summed E-state index contributed by atoms with van der Waals surface area (Å²) in [6.45, 7) is 4.56. The van der Waals surface area contributed by atoms with Crippen LogP contribution >= 0.6 is 11.8 Å². The fourth-order valence-electron chi connectivity index (χ4n) is 2.09. The van der Waals surface area contributed by atoms with Gasteiger partial charge in [0.2, 0.25) is 0 Å². The van der Waals surface area contributed by atoms with Crippen LogP contribution in [-0.2, 0) is 0 Å². The molecular formula is C11H23NS. The first kappa shape index (κ1) is 11.4. The highest BCUT2D eigenvalue weighted by molar-refractivity contribution is 7.99. The van der Waals surface area contributed by atoms with Gasteiger partial charge in [-0.1, -0.05) is 26.7 Å². The molecule has 1 nitrogen and oxygen atoms in total. The Bertz CT molecular complexity index is 128. The maximum absolute atomic E-state index is 6.22. The summed E-state index contributed by atoms with van der Waals surface area (Å²) in [4.78, 5) is 0. The first-order chi connectivity index (χ1) is 6.27. The lowest BCUT2D eigenvalue weighted by Gasteiger charge is -2.22. The smallest absolute Gasteiger partial charge is 0.00779 e. The average Bonchev–Trinajstić information content (AvgIpc) is 2.66. The van der Waals surface area contributed by atoms with Crippen molar-refractivity contribution in [3.05, 3.63) is 0 Å². The summed E-state index contributed by atoms with van der Waals surface area (Å²) in [5.41, 5.74) is 6.22. The molecule has 2 unspecified atom stereocenters. The summed E-state index contributed by atoms with van der Waals surface area (Å²) < 4.78 is 0. The van der Waals surface area contributed by atoms with E-state index in [1.54, 1.807) is 0 Å². The topological polar surface area (TPSA) is 26.0 Å². The molecule has 2 N–H and O–H groups in total. The van der Waals surface area contributed by atoms with Gasteiger partial charge in [0.05, 0.1) is 0 Å². The first-order valence-corrected chi connectivity index (χ1v) is 6.76. The van der Waals surface area contributed by atoms with E-state index < -0.39 is 0 Å². The molecule has 1 fully saturated rings. The molecule has 0 radical (unpaired) electrons. The normalized spacial score (nSPS) is 25.4.